The molecule has 0 spiro atoms. The SMILES string of the molecule is CN1CC(C(=O)N2CCC([C@@H](N)c3cc(Cl)c(Cl)cc3O)CC2)OCC1=O. The van der Waals surface area contributed by atoms with Crippen LogP contribution in [-0.4, -0.2) is 66.1 Å². The van der Waals surface area contributed by atoms with Gasteiger partial charge in [-0.25, -0.2) is 0 Å². The molecule has 7 nitrogen and oxygen atoms in total. The van der Waals surface area contributed by atoms with Gasteiger partial charge in [0.25, 0.3) is 5.91 Å². The number of amides is 2. The van der Waals surface area contributed by atoms with E-state index < -0.39 is 12.1 Å². The van der Waals surface area contributed by atoms with Crippen molar-refractivity contribution in [3.8, 4) is 5.75 Å². The average Bonchev–Trinajstić information content (AvgIpc) is 2.66. The van der Waals surface area contributed by atoms with Gasteiger partial charge < -0.3 is 25.4 Å². The number of hydrogen-bond acceptors (Lipinski definition) is 5. The number of benzene rings is 1. The van der Waals surface area contributed by atoms with Crippen LogP contribution in [0.1, 0.15) is 24.4 Å². The highest BCUT2D eigenvalue weighted by atomic mass is 35.5. The Morgan fingerprint density at radius 2 is 1.93 bits per heavy atom. The zero-order valence-corrected chi connectivity index (χ0v) is 16.5. The van der Waals surface area contributed by atoms with Gasteiger partial charge in [0, 0.05) is 37.8 Å². The molecule has 1 unspecified atom stereocenters. The molecule has 3 rings (SSSR count). The lowest BCUT2D eigenvalue weighted by molar-refractivity contribution is -0.160. The van der Waals surface area contributed by atoms with Crippen LogP contribution in [0.25, 0.3) is 0 Å². The summed E-state index contributed by atoms with van der Waals surface area (Å²) in [6.45, 7) is 1.31. The van der Waals surface area contributed by atoms with Crippen molar-refractivity contribution in [2.75, 3.05) is 33.3 Å². The van der Waals surface area contributed by atoms with E-state index in [0.717, 1.165) is 0 Å². The number of aromatic hydroxyl groups is 1. The molecule has 2 atom stereocenters. The molecule has 1 aromatic carbocycles. The van der Waals surface area contributed by atoms with Gasteiger partial charge in [-0.2, -0.15) is 0 Å². The van der Waals surface area contributed by atoms with Crippen molar-refractivity contribution in [1.82, 2.24) is 9.80 Å². The fourth-order valence-electron chi connectivity index (χ4n) is 3.59. The van der Waals surface area contributed by atoms with Gasteiger partial charge in [-0.15, -0.1) is 0 Å². The number of phenols is 1. The lowest BCUT2D eigenvalue weighted by atomic mass is 9.85. The normalized spacial score (nSPS) is 22.8. The molecule has 2 amide bonds. The zero-order valence-electron chi connectivity index (χ0n) is 15.0. The summed E-state index contributed by atoms with van der Waals surface area (Å²) in [5.74, 6) is -0.0867. The van der Waals surface area contributed by atoms with Gasteiger partial charge >= 0.3 is 0 Å². The number of hydrogen-bond donors (Lipinski definition) is 2. The van der Waals surface area contributed by atoms with Crippen LogP contribution < -0.4 is 5.73 Å². The molecule has 0 bridgehead atoms. The molecule has 0 saturated carbocycles. The Balaban J connectivity index is 1.59. The van der Waals surface area contributed by atoms with Gasteiger partial charge in [0.2, 0.25) is 5.91 Å². The summed E-state index contributed by atoms with van der Waals surface area (Å²) in [6.07, 6.45) is 0.791. The van der Waals surface area contributed by atoms with E-state index >= 15 is 0 Å². The molecular weight excluding hydrogens is 393 g/mol. The van der Waals surface area contributed by atoms with Gasteiger partial charge in [0.1, 0.15) is 12.4 Å². The van der Waals surface area contributed by atoms with Crippen LogP contribution in [0.15, 0.2) is 12.1 Å². The predicted molar refractivity (Wildman–Crippen MR) is 102 cm³/mol. The van der Waals surface area contributed by atoms with E-state index in [9.17, 15) is 14.7 Å². The number of rotatable bonds is 3. The lowest BCUT2D eigenvalue weighted by Crippen LogP contribution is -2.53. The molecule has 148 valence electrons. The molecule has 3 N–H and O–H groups in total. The highest BCUT2D eigenvalue weighted by Crippen LogP contribution is 2.37. The first kappa shape index (κ1) is 20.2. The smallest absolute Gasteiger partial charge is 0.253 e. The lowest BCUT2D eigenvalue weighted by Gasteiger charge is -2.38. The van der Waals surface area contributed by atoms with Crippen LogP contribution in [-0.2, 0) is 14.3 Å². The zero-order chi connectivity index (χ0) is 19.7. The summed E-state index contributed by atoms with van der Waals surface area (Å²) in [4.78, 5) is 27.4. The fraction of sp³-hybridized carbons (Fsp3) is 0.556. The molecular formula is C18H23Cl2N3O4. The summed E-state index contributed by atoms with van der Waals surface area (Å²) >= 11 is 12.0. The Hall–Kier alpha value is -1.54. The van der Waals surface area contributed by atoms with Crippen molar-refractivity contribution in [1.29, 1.82) is 0 Å². The minimum absolute atomic E-state index is 0.0266. The van der Waals surface area contributed by atoms with E-state index in [0.29, 0.717) is 36.5 Å². The number of carbonyl (C=O) groups excluding carboxylic acids is 2. The Labute approximate surface area is 167 Å². The van der Waals surface area contributed by atoms with Crippen LogP contribution >= 0.6 is 23.2 Å². The molecule has 9 heteroatoms. The third kappa shape index (κ3) is 4.32. The Bertz CT molecular complexity index is 738. The second-order valence-corrected chi connectivity index (χ2v) is 7.90. The second kappa shape index (κ2) is 8.22. The summed E-state index contributed by atoms with van der Waals surface area (Å²) in [5, 5.41) is 10.8. The summed E-state index contributed by atoms with van der Waals surface area (Å²) < 4.78 is 5.39. The van der Waals surface area contributed by atoms with E-state index in [1.54, 1.807) is 18.0 Å². The highest BCUT2D eigenvalue weighted by molar-refractivity contribution is 6.42. The van der Waals surface area contributed by atoms with Crippen molar-refractivity contribution in [3.63, 3.8) is 0 Å². The minimum Gasteiger partial charge on any atom is -0.508 e. The van der Waals surface area contributed by atoms with Gasteiger partial charge in [0.15, 0.2) is 6.10 Å². The molecule has 27 heavy (non-hydrogen) atoms. The van der Waals surface area contributed by atoms with Gasteiger partial charge in [-0.1, -0.05) is 23.2 Å². The largest absolute Gasteiger partial charge is 0.508 e. The fourth-order valence-corrected chi connectivity index (χ4v) is 3.92. The molecule has 0 aromatic heterocycles. The molecule has 2 saturated heterocycles. The third-order valence-electron chi connectivity index (χ3n) is 5.34. The van der Waals surface area contributed by atoms with Gasteiger partial charge in [-0.3, -0.25) is 9.59 Å². The summed E-state index contributed by atoms with van der Waals surface area (Å²) in [6, 6.07) is 2.60. The predicted octanol–water partition coefficient (Wildman–Crippen LogP) is 1.79. The number of morpholine rings is 1. The summed E-state index contributed by atoms with van der Waals surface area (Å²) in [5.41, 5.74) is 6.91. The Morgan fingerprint density at radius 3 is 2.56 bits per heavy atom. The number of halogens is 2. The molecule has 1 aromatic rings. The van der Waals surface area contributed by atoms with Gasteiger partial charge in [0.05, 0.1) is 16.6 Å². The average molecular weight is 416 g/mol. The topological polar surface area (TPSA) is 96.1 Å². The van der Waals surface area contributed by atoms with E-state index in [1.807, 2.05) is 0 Å². The molecule has 0 radical (unpaired) electrons. The molecule has 2 heterocycles. The number of phenolic OH excluding ortho intramolecular Hbond substituents is 1. The number of ether oxygens (including phenoxy) is 1. The van der Waals surface area contributed by atoms with E-state index in [-0.39, 0.29) is 41.7 Å². The number of nitrogens with two attached hydrogens (primary N) is 1. The maximum absolute atomic E-state index is 12.6. The Kier molecular flexibility index (Phi) is 6.15. The quantitative estimate of drug-likeness (QED) is 0.784. The van der Waals surface area contributed by atoms with Crippen molar-refractivity contribution < 1.29 is 19.4 Å². The molecule has 2 aliphatic rings. The van der Waals surface area contributed by atoms with E-state index in [2.05, 4.69) is 0 Å². The maximum Gasteiger partial charge on any atom is 0.253 e. The number of likely N-dealkylation sites (tertiary alicyclic amines) is 1. The first-order valence-electron chi connectivity index (χ1n) is 8.85. The van der Waals surface area contributed by atoms with Crippen molar-refractivity contribution in [3.05, 3.63) is 27.7 Å². The third-order valence-corrected chi connectivity index (χ3v) is 6.06. The summed E-state index contributed by atoms with van der Waals surface area (Å²) in [7, 11) is 1.67. The van der Waals surface area contributed by atoms with Crippen molar-refractivity contribution in [2.45, 2.75) is 25.0 Å². The number of nitrogens with zero attached hydrogens (tertiary/aromatic N) is 2. The molecule has 0 aliphatic carbocycles. The highest BCUT2D eigenvalue weighted by Gasteiger charge is 2.35. The van der Waals surface area contributed by atoms with Crippen molar-refractivity contribution >= 4 is 35.0 Å². The Morgan fingerprint density at radius 1 is 1.30 bits per heavy atom. The second-order valence-electron chi connectivity index (χ2n) is 7.09. The molecule has 2 aliphatic heterocycles. The van der Waals surface area contributed by atoms with Crippen LogP contribution in [0.2, 0.25) is 10.0 Å². The molecule has 2 fully saturated rings. The van der Waals surface area contributed by atoms with Crippen LogP contribution in [0.4, 0.5) is 0 Å². The van der Waals surface area contributed by atoms with Crippen LogP contribution in [0.5, 0.6) is 5.75 Å². The van der Waals surface area contributed by atoms with Crippen LogP contribution in [0.3, 0.4) is 0 Å². The minimum atomic E-state index is -0.614. The number of piperidine rings is 1. The number of likely N-dealkylation sites (N-methyl/N-ethyl adjacent to an activating group) is 1. The first-order valence-corrected chi connectivity index (χ1v) is 9.61. The monoisotopic (exact) mass is 415 g/mol. The first-order chi connectivity index (χ1) is 12.8. The van der Waals surface area contributed by atoms with Crippen LogP contribution in [0, 0.1) is 5.92 Å². The van der Waals surface area contributed by atoms with Gasteiger partial charge in [-0.05, 0) is 24.8 Å². The number of carbonyl (C=O) groups is 2. The standard InChI is InChI=1S/C18H23Cl2N3O4/c1-22-8-15(27-9-16(22)25)18(26)23-4-2-10(3-5-23)17(21)11-6-12(19)13(20)7-14(11)24/h6-7,10,15,17,24H,2-5,8-9,21H2,1H3/t15?,17-/m1/s1. The van der Waals surface area contributed by atoms with Crippen molar-refractivity contribution in [2.24, 2.45) is 11.7 Å². The van der Waals surface area contributed by atoms with E-state index in [1.165, 1.54) is 11.0 Å². The van der Waals surface area contributed by atoms with E-state index in [4.69, 9.17) is 33.7 Å². The maximum atomic E-state index is 12.6.